The predicted molar refractivity (Wildman–Crippen MR) is 140 cm³/mol. The van der Waals surface area contributed by atoms with Crippen LogP contribution in [0.4, 0.5) is 0 Å². The summed E-state index contributed by atoms with van der Waals surface area (Å²) in [6.07, 6.45) is 13.1. The molecule has 8 aliphatic rings. The van der Waals surface area contributed by atoms with Crippen LogP contribution in [-0.2, 0) is 19.1 Å². The molecule has 0 spiro atoms. The van der Waals surface area contributed by atoms with Gasteiger partial charge in [-0.25, -0.2) is 9.59 Å². The van der Waals surface area contributed by atoms with E-state index in [1.54, 1.807) is 6.92 Å². The van der Waals surface area contributed by atoms with Crippen LogP contribution in [0.25, 0.3) is 0 Å². The molecule has 0 N–H and O–H groups in total. The first-order chi connectivity index (χ1) is 17.0. The van der Waals surface area contributed by atoms with Crippen LogP contribution in [-0.4, -0.2) is 23.1 Å². The van der Waals surface area contributed by atoms with E-state index in [2.05, 4.69) is 33.4 Å². The SMILES string of the molecule is C=C(C)C(=O)OC1(C)C2CC3CC(C2)C(/C=C(\C)C(=O)OC2(C(C)C)C4CC5CC(C4)CC2C5)C1C3. The fraction of sp³-hybridized carbons (Fsp3) is 0.812. The molecule has 198 valence electrons. The topological polar surface area (TPSA) is 52.6 Å². The Hall–Kier alpha value is -1.58. The normalized spacial score (nSPS) is 48.4. The molecule has 8 aliphatic carbocycles. The maximum absolute atomic E-state index is 13.8. The highest BCUT2D eigenvalue weighted by Crippen LogP contribution is 2.63. The molecule has 0 aromatic carbocycles. The van der Waals surface area contributed by atoms with Gasteiger partial charge in [-0.2, -0.15) is 0 Å². The molecule has 0 amide bonds. The Morgan fingerprint density at radius 2 is 1.39 bits per heavy atom. The predicted octanol–water partition coefficient (Wildman–Crippen LogP) is 6.89. The van der Waals surface area contributed by atoms with E-state index in [1.165, 1.54) is 38.5 Å². The highest BCUT2D eigenvalue weighted by Gasteiger charge is 2.62. The molecule has 0 aliphatic heterocycles. The Bertz CT molecular complexity index is 962. The monoisotopic (exact) mass is 494 g/mol. The number of carbonyl (C=O) groups excluding carboxylic acids is 2. The van der Waals surface area contributed by atoms with E-state index < -0.39 is 5.60 Å². The van der Waals surface area contributed by atoms with Gasteiger partial charge >= 0.3 is 11.9 Å². The summed E-state index contributed by atoms with van der Waals surface area (Å²) in [4.78, 5) is 26.4. The number of carbonyl (C=O) groups is 2. The summed E-state index contributed by atoms with van der Waals surface area (Å²) in [5.74, 6) is 4.96. The van der Waals surface area contributed by atoms with Gasteiger partial charge in [0.2, 0.25) is 0 Å². The van der Waals surface area contributed by atoms with Crippen molar-refractivity contribution in [1.82, 2.24) is 0 Å². The van der Waals surface area contributed by atoms with Gasteiger partial charge in [0.15, 0.2) is 0 Å². The summed E-state index contributed by atoms with van der Waals surface area (Å²) < 4.78 is 12.9. The molecule has 4 nitrogen and oxygen atoms in total. The maximum Gasteiger partial charge on any atom is 0.333 e. The van der Waals surface area contributed by atoms with E-state index in [-0.39, 0.29) is 29.4 Å². The molecule has 0 heterocycles. The quantitative estimate of drug-likeness (QED) is 0.298. The fourth-order valence-electron chi connectivity index (χ4n) is 10.7. The minimum atomic E-state index is -0.477. The molecule has 6 atom stereocenters. The second-order valence-corrected chi connectivity index (χ2v) is 14.4. The van der Waals surface area contributed by atoms with Crippen molar-refractivity contribution in [1.29, 1.82) is 0 Å². The zero-order valence-electron chi connectivity index (χ0n) is 23.1. The summed E-state index contributed by atoms with van der Waals surface area (Å²) in [5, 5.41) is 0. The second-order valence-electron chi connectivity index (χ2n) is 14.4. The van der Waals surface area contributed by atoms with Crippen LogP contribution in [0.3, 0.4) is 0 Å². The van der Waals surface area contributed by atoms with Crippen molar-refractivity contribution in [2.24, 2.45) is 59.2 Å². The Labute approximate surface area is 217 Å². The molecule has 8 fully saturated rings. The number of hydrogen-bond donors (Lipinski definition) is 0. The van der Waals surface area contributed by atoms with Crippen LogP contribution in [0.15, 0.2) is 23.8 Å². The van der Waals surface area contributed by atoms with E-state index in [9.17, 15) is 9.59 Å². The lowest BCUT2D eigenvalue weighted by molar-refractivity contribution is -0.222. The van der Waals surface area contributed by atoms with Crippen molar-refractivity contribution >= 4 is 11.9 Å². The molecule has 0 aromatic rings. The largest absolute Gasteiger partial charge is 0.455 e. The molecule has 0 aromatic heterocycles. The highest BCUT2D eigenvalue weighted by atomic mass is 16.6. The number of rotatable bonds is 6. The van der Waals surface area contributed by atoms with E-state index in [0.29, 0.717) is 35.2 Å². The summed E-state index contributed by atoms with van der Waals surface area (Å²) in [6.45, 7) is 14.2. The molecule has 6 unspecified atom stereocenters. The van der Waals surface area contributed by atoms with Gasteiger partial charge in [-0.3, -0.25) is 0 Å². The van der Waals surface area contributed by atoms with Crippen molar-refractivity contribution in [2.75, 3.05) is 0 Å². The summed E-state index contributed by atoms with van der Waals surface area (Å²) in [5.41, 5.74) is 0.450. The zero-order chi connectivity index (χ0) is 25.6. The van der Waals surface area contributed by atoms with Gasteiger partial charge in [-0.1, -0.05) is 26.5 Å². The van der Waals surface area contributed by atoms with E-state index in [1.807, 2.05) is 6.92 Å². The lowest BCUT2D eigenvalue weighted by atomic mass is 9.46. The van der Waals surface area contributed by atoms with Gasteiger partial charge in [0.1, 0.15) is 11.2 Å². The maximum atomic E-state index is 13.8. The van der Waals surface area contributed by atoms with Gasteiger partial charge in [0.25, 0.3) is 0 Å². The molecule has 8 rings (SSSR count). The third-order valence-electron chi connectivity index (χ3n) is 12.0. The molecule has 4 heteroatoms. The minimum absolute atomic E-state index is 0.106. The Balaban J connectivity index is 1.25. The van der Waals surface area contributed by atoms with E-state index in [0.717, 1.165) is 42.6 Å². The average Bonchev–Trinajstić information content (AvgIpc) is 2.80. The average molecular weight is 495 g/mol. The van der Waals surface area contributed by atoms with Crippen LogP contribution >= 0.6 is 0 Å². The van der Waals surface area contributed by atoms with Crippen molar-refractivity contribution in [3.63, 3.8) is 0 Å². The van der Waals surface area contributed by atoms with Crippen molar-refractivity contribution in [3.8, 4) is 0 Å². The standard InChI is InChI=1S/C32H46O4/c1-17(2)29(33)35-31(6)24-10-22-9-23(16-24)27(28(31)15-22)7-19(5)30(34)36-32(18(3)4)25-11-20-8-21(13-25)14-26(32)12-20/h7,18,20-28H,1,8-16H2,2-6H3/b19-7+. The number of esters is 2. The number of allylic oxidation sites excluding steroid dienone is 1. The molecular formula is C32H46O4. The molecule has 36 heavy (non-hydrogen) atoms. The van der Waals surface area contributed by atoms with Crippen molar-refractivity contribution in [2.45, 2.75) is 104 Å². The third-order valence-corrected chi connectivity index (χ3v) is 12.0. The van der Waals surface area contributed by atoms with Crippen molar-refractivity contribution in [3.05, 3.63) is 23.8 Å². The molecule has 0 saturated heterocycles. The lowest BCUT2D eigenvalue weighted by Crippen LogP contribution is -2.62. The van der Waals surface area contributed by atoms with Crippen LogP contribution in [0.2, 0.25) is 0 Å². The first kappa shape index (κ1) is 24.7. The second kappa shape index (κ2) is 8.46. The zero-order valence-corrected chi connectivity index (χ0v) is 23.1. The Morgan fingerprint density at radius 3 is 1.97 bits per heavy atom. The molecular weight excluding hydrogens is 448 g/mol. The van der Waals surface area contributed by atoms with Crippen LogP contribution in [0, 0.1) is 59.2 Å². The first-order valence-corrected chi connectivity index (χ1v) is 14.8. The first-order valence-electron chi connectivity index (χ1n) is 14.8. The molecule has 8 bridgehead atoms. The fourth-order valence-corrected chi connectivity index (χ4v) is 10.7. The Kier molecular flexibility index (Phi) is 5.82. The van der Waals surface area contributed by atoms with Crippen LogP contribution in [0.1, 0.15) is 92.4 Å². The summed E-state index contributed by atoms with van der Waals surface area (Å²) >= 11 is 0. The van der Waals surface area contributed by atoms with Crippen LogP contribution < -0.4 is 0 Å². The van der Waals surface area contributed by atoms with Gasteiger partial charge < -0.3 is 9.47 Å². The Morgan fingerprint density at radius 1 is 0.806 bits per heavy atom. The highest BCUT2D eigenvalue weighted by molar-refractivity contribution is 5.88. The summed E-state index contributed by atoms with van der Waals surface area (Å²) in [6, 6.07) is 0. The number of hydrogen-bond acceptors (Lipinski definition) is 4. The van der Waals surface area contributed by atoms with E-state index >= 15 is 0 Å². The summed E-state index contributed by atoms with van der Waals surface area (Å²) in [7, 11) is 0. The van der Waals surface area contributed by atoms with Crippen molar-refractivity contribution < 1.29 is 19.1 Å². The van der Waals surface area contributed by atoms with Gasteiger partial charge in [-0.15, -0.1) is 0 Å². The smallest absolute Gasteiger partial charge is 0.333 e. The third kappa shape index (κ3) is 3.59. The molecule has 8 saturated carbocycles. The van der Waals surface area contributed by atoms with Crippen LogP contribution in [0.5, 0.6) is 0 Å². The molecule has 0 radical (unpaired) electrons. The van der Waals surface area contributed by atoms with Gasteiger partial charge in [-0.05, 0) is 132 Å². The lowest BCUT2D eigenvalue weighted by Gasteiger charge is -2.62. The van der Waals surface area contributed by atoms with E-state index in [4.69, 9.17) is 9.47 Å². The van der Waals surface area contributed by atoms with Gasteiger partial charge in [0, 0.05) is 17.1 Å². The number of ether oxygens (including phenoxy) is 2. The van der Waals surface area contributed by atoms with Gasteiger partial charge in [0.05, 0.1) is 0 Å². The minimum Gasteiger partial charge on any atom is -0.455 e.